The second-order valence-corrected chi connectivity index (χ2v) is 9.93. The van der Waals surface area contributed by atoms with Crippen molar-refractivity contribution in [2.45, 2.75) is 50.2 Å². The fourth-order valence-corrected chi connectivity index (χ4v) is 4.98. The zero-order valence-corrected chi connectivity index (χ0v) is 20.1. The van der Waals surface area contributed by atoms with Gasteiger partial charge in [-0.3, -0.25) is 9.69 Å². The third-order valence-corrected chi connectivity index (χ3v) is 7.38. The van der Waals surface area contributed by atoms with Crippen LogP contribution in [0, 0.1) is 0 Å². The highest BCUT2D eigenvalue weighted by Gasteiger charge is 2.44. The van der Waals surface area contributed by atoms with Crippen LogP contribution in [0.25, 0.3) is 0 Å². The molecule has 5 heteroatoms. The summed E-state index contributed by atoms with van der Waals surface area (Å²) in [5.41, 5.74) is 7.97. The highest BCUT2D eigenvalue weighted by molar-refractivity contribution is 5.90. The maximum atomic E-state index is 13.1. The van der Waals surface area contributed by atoms with Crippen molar-refractivity contribution in [2.75, 3.05) is 13.1 Å². The average Bonchev–Trinajstić information content (AvgIpc) is 2.80. The highest BCUT2D eigenvalue weighted by atomic mass is 16.3. The van der Waals surface area contributed by atoms with Gasteiger partial charge in [0.1, 0.15) is 5.75 Å². The van der Waals surface area contributed by atoms with E-state index in [1.807, 2.05) is 78.9 Å². The topological polar surface area (TPSA) is 78.6 Å². The summed E-state index contributed by atoms with van der Waals surface area (Å²) < 4.78 is 0. The first kappa shape index (κ1) is 24.0. The van der Waals surface area contributed by atoms with Gasteiger partial charge in [0.25, 0.3) is 0 Å². The van der Waals surface area contributed by atoms with Crippen LogP contribution in [-0.2, 0) is 16.8 Å². The number of nitrogens with two attached hydrogens (primary N) is 1. The predicted octanol–water partition coefficient (Wildman–Crippen LogP) is 4.20. The standard InChI is InChI=1S/C29H35N3O2/c1-28(2,32-20-25(21-32)31-19-22-11-9-10-16-26(22)33)17-18-29(27(30)34,23-12-5-3-6-13-23)24-14-7-4-8-15-24/h3-16,25,31,33H,17-21H2,1-2H3,(H2,30,34). The Balaban J connectivity index is 1.44. The van der Waals surface area contributed by atoms with Gasteiger partial charge in [-0.15, -0.1) is 0 Å². The van der Waals surface area contributed by atoms with E-state index >= 15 is 0 Å². The Hall–Kier alpha value is -3.15. The molecule has 0 saturated carbocycles. The molecule has 1 saturated heterocycles. The second-order valence-electron chi connectivity index (χ2n) is 9.93. The van der Waals surface area contributed by atoms with Crippen LogP contribution < -0.4 is 11.1 Å². The lowest BCUT2D eigenvalue weighted by Gasteiger charge is -2.50. The number of nitrogens with zero attached hydrogens (tertiary/aromatic N) is 1. The summed E-state index contributed by atoms with van der Waals surface area (Å²) in [5.74, 6) is 0.0163. The first-order valence-electron chi connectivity index (χ1n) is 12.0. The zero-order valence-electron chi connectivity index (χ0n) is 20.1. The molecule has 1 fully saturated rings. The van der Waals surface area contributed by atoms with Crippen molar-refractivity contribution < 1.29 is 9.90 Å². The van der Waals surface area contributed by atoms with Gasteiger partial charge in [0.05, 0.1) is 5.41 Å². The Morgan fingerprint density at radius 1 is 0.912 bits per heavy atom. The Kier molecular flexibility index (Phi) is 7.05. The molecule has 3 aromatic carbocycles. The number of likely N-dealkylation sites (tertiary alicyclic amines) is 1. The van der Waals surface area contributed by atoms with Crippen molar-refractivity contribution in [1.82, 2.24) is 10.2 Å². The molecule has 1 aliphatic heterocycles. The summed E-state index contributed by atoms with van der Waals surface area (Å²) in [6.07, 6.45) is 1.46. The molecule has 3 aromatic rings. The van der Waals surface area contributed by atoms with Gasteiger partial charge in [0, 0.05) is 36.8 Å². The molecule has 4 rings (SSSR count). The molecular formula is C29H35N3O2. The van der Waals surface area contributed by atoms with Crippen LogP contribution in [0.1, 0.15) is 43.4 Å². The molecule has 0 atom stereocenters. The minimum absolute atomic E-state index is 0.0860. The molecular weight excluding hydrogens is 422 g/mol. The molecule has 4 N–H and O–H groups in total. The number of para-hydroxylation sites is 1. The van der Waals surface area contributed by atoms with Crippen LogP contribution in [0.3, 0.4) is 0 Å². The first-order chi connectivity index (χ1) is 16.3. The minimum atomic E-state index is -0.868. The lowest BCUT2D eigenvalue weighted by atomic mass is 9.69. The number of phenols is 1. The van der Waals surface area contributed by atoms with Gasteiger partial charge in [-0.2, -0.15) is 0 Å². The van der Waals surface area contributed by atoms with Crippen molar-refractivity contribution in [2.24, 2.45) is 5.73 Å². The molecule has 1 heterocycles. The lowest BCUT2D eigenvalue weighted by molar-refractivity contribution is -0.122. The number of hydrogen-bond donors (Lipinski definition) is 3. The molecule has 178 valence electrons. The number of hydrogen-bond acceptors (Lipinski definition) is 4. The van der Waals surface area contributed by atoms with Crippen LogP contribution >= 0.6 is 0 Å². The summed E-state index contributed by atoms with van der Waals surface area (Å²) >= 11 is 0. The molecule has 0 unspecified atom stereocenters. The molecule has 0 radical (unpaired) electrons. The van der Waals surface area contributed by atoms with E-state index in [0.29, 0.717) is 24.8 Å². The third-order valence-electron chi connectivity index (χ3n) is 7.38. The smallest absolute Gasteiger partial charge is 0.232 e. The van der Waals surface area contributed by atoms with E-state index in [-0.39, 0.29) is 11.4 Å². The number of benzene rings is 3. The predicted molar refractivity (Wildman–Crippen MR) is 136 cm³/mol. The SMILES string of the molecule is CC(C)(CCC(C(N)=O)(c1ccccc1)c1ccccc1)N1CC(NCc2ccccc2O)C1. The molecule has 5 nitrogen and oxygen atoms in total. The lowest BCUT2D eigenvalue weighted by Crippen LogP contribution is -2.64. The van der Waals surface area contributed by atoms with Crippen LogP contribution in [-0.4, -0.2) is 40.6 Å². The molecule has 0 spiro atoms. The summed E-state index contributed by atoms with van der Waals surface area (Å²) in [5, 5.41) is 13.5. The van der Waals surface area contributed by atoms with Gasteiger partial charge in [-0.25, -0.2) is 0 Å². The monoisotopic (exact) mass is 457 g/mol. The maximum absolute atomic E-state index is 13.1. The summed E-state index contributed by atoms with van der Waals surface area (Å²) in [6, 6.07) is 27.7. The zero-order chi connectivity index (χ0) is 24.2. The first-order valence-corrected chi connectivity index (χ1v) is 12.0. The molecule has 1 aliphatic rings. The number of nitrogens with one attached hydrogen (secondary N) is 1. The van der Waals surface area contributed by atoms with Crippen molar-refractivity contribution >= 4 is 5.91 Å². The van der Waals surface area contributed by atoms with Gasteiger partial charge in [-0.1, -0.05) is 78.9 Å². The van der Waals surface area contributed by atoms with Crippen molar-refractivity contribution in [3.8, 4) is 5.75 Å². The average molecular weight is 458 g/mol. The third kappa shape index (κ3) is 4.86. The second kappa shape index (κ2) is 10.00. The number of rotatable bonds is 10. The minimum Gasteiger partial charge on any atom is -0.508 e. The summed E-state index contributed by atoms with van der Waals surface area (Å²) in [7, 11) is 0. The Labute approximate surface area is 202 Å². The van der Waals surface area contributed by atoms with E-state index in [0.717, 1.165) is 36.2 Å². The van der Waals surface area contributed by atoms with Crippen LogP contribution in [0.5, 0.6) is 5.75 Å². The van der Waals surface area contributed by atoms with Gasteiger partial charge in [0.15, 0.2) is 0 Å². The molecule has 34 heavy (non-hydrogen) atoms. The van der Waals surface area contributed by atoms with E-state index in [1.165, 1.54) is 0 Å². The van der Waals surface area contributed by atoms with Gasteiger partial charge < -0.3 is 16.2 Å². The Morgan fingerprint density at radius 2 is 1.44 bits per heavy atom. The van der Waals surface area contributed by atoms with Gasteiger partial charge in [-0.05, 0) is 43.9 Å². The van der Waals surface area contributed by atoms with E-state index in [1.54, 1.807) is 6.07 Å². The number of aromatic hydroxyl groups is 1. The molecule has 0 aromatic heterocycles. The Morgan fingerprint density at radius 3 is 1.97 bits per heavy atom. The van der Waals surface area contributed by atoms with Crippen LogP contribution in [0.2, 0.25) is 0 Å². The number of amides is 1. The fraction of sp³-hybridized carbons (Fsp3) is 0.345. The molecule has 0 aliphatic carbocycles. The largest absolute Gasteiger partial charge is 0.508 e. The van der Waals surface area contributed by atoms with Crippen molar-refractivity contribution in [3.63, 3.8) is 0 Å². The van der Waals surface area contributed by atoms with E-state index in [4.69, 9.17) is 5.73 Å². The normalized spacial score (nSPS) is 15.1. The van der Waals surface area contributed by atoms with E-state index in [9.17, 15) is 9.90 Å². The van der Waals surface area contributed by atoms with E-state index < -0.39 is 5.41 Å². The number of primary amides is 1. The number of carbonyl (C=O) groups excluding carboxylic acids is 1. The van der Waals surface area contributed by atoms with Gasteiger partial charge in [0.2, 0.25) is 5.91 Å². The number of carbonyl (C=O) groups is 1. The molecule has 0 bridgehead atoms. The fourth-order valence-electron chi connectivity index (χ4n) is 4.98. The van der Waals surface area contributed by atoms with Crippen LogP contribution in [0.4, 0.5) is 0 Å². The van der Waals surface area contributed by atoms with Crippen LogP contribution in [0.15, 0.2) is 84.9 Å². The number of phenolic OH excluding ortho intramolecular Hbond substituents is 1. The highest BCUT2D eigenvalue weighted by Crippen LogP contribution is 2.40. The summed E-state index contributed by atoms with van der Waals surface area (Å²) in [4.78, 5) is 15.5. The quantitative estimate of drug-likeness (QED) is 0.426. The van der Waals surface area contributed by atoms with Gasteiger partial charge >= 0.3 is 0 Å². The summed E-state index contributed by atoms with van der Waals surface area (Å²) in [6.45, 7) is 7.00. The van der Waals surface area contributed by atoms with Crippen molar-refractivity contribution in [3.05, 3.63) is 102 Å². The maximum Gasteiger partial charge on any atom is 0.232 e. The molecule has 1 amide bonds. The van der Waals surface area contributed by atoms with Crippen molar-refractivity contribution in [1.29, 1.82) is 0 Å². The van der Waals surface area contributed by atoms with E-state index in [2.05, 4.69) is 24.1 Å². The Bertz CT molecular complexity index is 1050.